The summed E-state index contributed by atoms with van der Waals surface area (Å²) in [6.07, 6.45) is 4.52. The number of hydrogen-bond acceptors (Lipinski definition) is 5. The average Bonchev–Trinajstić information content (AvgIpc) is 2.84. The Hall–Kier alpha value is -2.94. The van der Waals surface area contributed by atoms with E-state index in [0.29, 0.717) is 11.5 Å². The first-order chi connectivity index (χ1) is 15.7. The number of piperidine rings is 1. The number of benzene rings is 2. The topological polar surface area (TPSA) is 52.4 Å². The number of pyridine rings is 1. The van der Waals surface area contributed by atoms with E-state index < -0.39 is 0 Å². The van der Waals surface area contributed by atoms with Crippen LogP contribution in [0.25, 0.3) is 10.9 Å². The first-order valence-corrected chi connectivity index (χ1v) is 11.7. The lowest BCUT2D eigenvalue weighted by Gasteiger charge is -2.41. The Morgan fingerprint density at radius 3 is 2.62 bits per heavy atom. The van der Waals surface area contributed by atoms with Crippen molar-refractivity contribution in [1.82, 2.24) is 9.88 Å². The fourth-order valence-electron chi connectivity index (χ4n) is 5.33. The van der Waals surface area contributed by atoms with Gasteiger partial charge in [-0.1, -0.05) is 30.3 Å². The normalized spacial score (nSPS) is 22.7. The van der Waals surface area contributed by atoms with Crippen molar-refractivity contribution >= 4 is 16.6 Å². The molecule has 32 heavy (non-hydrogen) atoms. The molecule has 0 saturated carbocycles. The quantitative estimate of drug-likeness (QED) is 0.611. The number of anilines is 1. The van der Waals surface area contributed by atoms with Gasteiger partial charge in [-0.15, -0.1) is 0 Å². The summed E-state index contributed by atoms with van der Waals surface area (Å²) in [6.45, 7) is 7.08. The molecule has 3 heterocycles. The van der Waals surface area contributed by atoms with Crippen LogP contribution >= 0.6 is 0 Å². The van der Waals surface area contributed by atoms with Crippen LogP contribution in [0.2, 0.25) is 0 Å². The number of likely N-dealkylation sites (tertiary alicyclic amines) is 1. The maximum Gasteiger partial charge on any atom is 0.101 e. The third-order valence-corrected chi connectivity index (χ3v) is 6.85. The molecule has 2 aliphatic rings. The Labute approximate surface area is 190 Å². The molecular weight excluding hydrogens is 396 g/mol. The zero-order valence-electron chi connectivity index (χ0n) is 18.7. The highest BCUT2D eigenvalue weighted by atomic mass is 16.5. The number of morpholine rings is 1. The number of nitrogens with zero attached hydrogens (tertiary/aromatic N) is 4. The Kier molecular flexibility index (Phi) is 6.07. The summed E-state index contributed by atoms with van der Waals surface area (Å²) in [6, 6.07) is 21.2. The minimum atomic E-state index is 0.165. The van der Waals surface area contributed by atoms with Crippen molar-refractivity contribution in [2.45, 2.75) is 37.9 Å². The molecule has 0 N–H and O–H groups in total. The second-order valence-corrected chi connectivity index (χ2v) is 9.10. The monoisotopic (exact) mass is 426 g/mol. The van der Waals surface area contributed by atoms with Gasteiger partial charge in [-0.25, -0.2) is 0 Å². The fourth-order valence-corrected chi connectivity index (χ4v) is 5.33. The number of ether oxygens (including phenoxy) is 1. The van der Waals surface area contributed by atoms with Crippen molar-refractivity contribution in [2.24, 2.45) is 0 Å². The zero-order valence-corrected chi connectivity index (χ0v) is 18.7. The first-order valence-electron chi connectivity index (χ1n) is 11.7. The summed E-state index contributed by atoms with van der Waals surface area (Å²) in [7, 11) is 0. The zero-order chi connectivity index (χ0) is 21.9. The lowest BCUT2D eigenvalue weighted by atomic mass is 9.89. The minimum Gasteiger partial charge on any atom is -0.370 e. The minimum absolute atomic E-state index is 0.165. The SMILES string of the molecule is C[C@@H]1CN(c2ccc(C#N)c3ncccc23)C[C@@H](CN2CCC(c3ccccc3)CC2)O1. The Balaban J connectivity index is 1.27. The Morgan fingerprint density at radius 1 is 1.03 bits per heavy atom. The number of hydrogen-bond donors (Lipinski definition) is 0. The van der Waals surface area contributed by atoms with Crippen molar-refractivity contribution < 1.29 is 4.74 Å². The van der Waals surface area contributed by atoms with Crippen LogP contribution in [-0.2, 0) is 4.74 Å². The molecular formula is C27H30N4O. The lowest BCUT2D eigenvalue weighted by molar-refractivity contribution is -0.0349. The van der Waals surface area contributed by atoms with Crippen LogP contribution in [0.1, 0.15) is 36.8 Å². The van der Waals surface area contributed by atoms with Crippen LogP contribution in [0, 0.1) is 11.3 Å². The molecule has 2 fully saturated rings. The summed E-state index contributed by atoms with van der Waals surface area (Å²) >= 11 is 0. The van der Waals surface area contributed by atoms with Crippen molar-refractivity contribution in [1.29, 1.82) is 5.26 Å². The van der Waals surface area contributed by atoms with Gasteiger partial charge in [0, 0.05) is 36.9 Å². The predicted octanol–water partition coefficient (Wildman–Crippen LogP) is 4.58. The maximum absolute atomic E-state index is 9.47. The predicted molar refractivity (Wildman–Crippen MR) is 128 cm³/mol. The molecule has 2 aliphatic heterocycles. The van der Waals surface area contributed by atoms with Crippen LogP contribution in [0.4, 0.5) is 5.69 Å². The molecule has 2 saturated heterocycles. The highest BCUT2D eigenvalue weighted by Gasteiger charge is 2.30. The van der Waals surface area contributed by atoms with Gasteiger partial charge < -0.3 is 14.5 Å². The second kappa shape index (κ2) is 9.28. The summed E-state index contributed by atoms with van der Waals surface area (Å²) in [5.74, 6) is 0.674. The fraction of sp³-hybridized carbons (Fsp3) is 0.407. The maximum atomic E-state index is 9.47. The number of rotatable bonds is 4. The van der Waals surface area contributed by atoms with E-state index in [9.17, 15) is 5.26 Å². The van der Waals surface area contributed by atoms with Gasteiger partial charge in [-0.2, -0.15) is 5.26 Å². The largest absolute Gasteiger partial charge is 0.370 e. The smallest absolute Gasteiger partial charge is 0.101 e. The van der Waals surface area contributed by atoms with Gasteiger partial charge >= 0.3 is 0 Å². The van der Waals surface area contributed by atoms with Crippen LogP contribution in [-0.4, -0.2) is 54.8 Å². The summed E-state index contributed by atoms with van der Waals surface area (Å²) in [5, 5.41) is 10.5. The Morgan fingerprint density at radius 2 is 1.84 bits per heavy atom. The van der Waals surface area contributed by atoms with Crippen LogP contribution in [0.3, 0.4) is 0 Å². The molecule has 0 spiro atoms. The summed E-state index contributed by atoms with van der Waals surface area (Å²) in [5.41, 5.74) is 4.03. The molecule has 3 aromatic rings. The van der Waals surface area contributed by atoms with E-state index in [1.165, 1.54) is 18.4 Å². The first kappa shape index (κ1) is 20.9. The molecule has 164 valence electrons. The van der Waals surface area contributed by atoms with Gasteiger partial charge in [0.15, 0.2) is 0 Å². The third-order valence-electron chi connectivity index (χ3n) is 6.85. The van der Waals surface area contributed by atoms with Gasteiger partial charge in [0.1, 0.15) is 6.07 Å². The lowest BCUT2D eigenvalue weighted by Crippen LogP contribution is -2.51. The molecule has 2 atom stereocenters. The standard InChI is InChI=1S/C27H30N4O/c1-20-17-31(26-10-9-23(16-28)27-25(26)8-5-13-29-27)19-24(32-20)18-30-14-11-22(12-15-30)21-6-3-2-4-7-21/h2-10,13,20,22,24H,11-12,14-15,17-19H2,1H3/t20-,24-/m1/s1. The molecule has 5 nitrogen and oxygen atoms in total. The number of nitriles is 1. The van der Waals surface area contributed by atoms with Crippen molar-refractivity contribution in [3.63, 3.8) is 0 Å². The van der Waals surface area contributed by atoms with Gasteiger partial charge in [0.2, 0.25) is 0 Å². The molecule has 5 heteroatoms. The van der Waals surface area contributed by atoms with Crippen LogP contribution in [0.5, 0.6) is 0 Å². The van der Waals surface area contributed by atoms with Gasteiger partial charge in [0.05, 0.1) is 23.3 Å². The highest BCUT2D eigenvalue weighted by Crippen LogP contribution is 2.31. The van der Waals surface area contributed by atoms with Crippen molar-refractivity contribution in [3.8, 4) is 6.07 Å². The van der Waals surface area contributed by atoms with E-state index in [1.54, 1.807) is 6.20 Å². The van der Waals surface area contributed by atoms with Crippen molar-refractivity contribution in [3.05, 3.63) is 71.9 Å². The van der Waals surface area contributed by atoms with E-state index in [1.807, 2.05) is 12.1 Å². The van der Waals surface area contributed by atoms with Gasteiger partial charge in [0.25, 0.3) is 0 Å². The van der Waals surface area contributed by atoms with Gasteiger partial charge in [-0.3, -0.25) is 4.98 Å². The second-order valence-electron chi connectivity index (χ2n) is 9.10. The molecule has 5 rings (SSSR count). The number of aromatic nitrogens is 1. The molecule has 0 unspecified atom stereocenters. The Bertz CT molecular complexity index is 1100. The van der Waals surface area contributed by atoms with E-state index in [2.05, 4.69) is 70.2 Å². The van der Waals surface area contributed by atoms with E-state index in [0.717, 1.165) is 49.3 Å². The molecule has 0 radical (unpaired) electrons. The van der Waals surface area contributed by atoms with Gasteiger partial charge in [-0.05, 0) is 68.6 Å². The third kappa shape index (κ3) is 4.34. The van der Waals surface area contributed by atoms with Crippen LogP contribution < -0.4 is 4.90 Å². The molecule has 1 aromatic heterocycles. The summed E-state index contributed by atoms with van der Waals surface area (Å²) in [4.78, 5) is 9.47. The van der Waals surface area contributed by atoms with E-state index in [-0.39, 0.29) is 12.2 Å². The number of fused-ring (bicyclic) bond motifs is 1. The highest BCUT2D eigenvalue weighted by molar-refractivity contribution is 5.95. The van der Waals surface area contributed by atoms with E-state index in [4.69, 9.17) is 4.74 Å². The van der Waals surface area contributed by atoms with E-state index >= 15 is 0 Å². The summed E-state index contributed by atoms with van der Waals surface area (Å²) < 4.78 is 6.36. The molecule has 2 aromatic carbocycles. The average molecular weight is 427 g/mol. The van der Waals surface area contributed by atoms with Crippen LogP contribution in [0.15, 0.2) is 60.8 Å². The molecule has 0 amide bonds. The van der Waals surface area contributed by atoms with Crippen molar-refractivity contribution in [2.75, 3.05) is 37.6 Å². The molecule has 0 bridgehead atoms. The molecule has 0 aliphatic carbocycles.